The van der Waals surface area contributed by atoms with Crippen molar-refractivity contribution in [3.05, 3.63) is 47.2 Å². The fourth-order valence-electron chi connectivity index (χ4n) is 3.01. The van der Waals surface area contributed by atoms with Gasteiger partial charge in [-0.25, -0.2) is 0 Å². The summed E-state index contributed by atoms with van der Waals surface area (Å²) in [6.45, 7) is 5.58. The molecule has 0 radical (unpaired) electrons. The van der Waals surface area contributed by atoms with E-state index in [9.17, 15) is 5.26 Å². The van der Waals surface area contributed by atoms with Crippen molar-refractivity contribution in [3.63, 3.8) is 0 Å². The maximum Gasteiger partial charge on any atom is 0.169 e. The Hall–Kier alpha value is -2.61. The summed E-state index contributed by atoms with van der Waals surface area (Å²) in [5.41, 5.74) is 3.53. The lowest BCUT2D eigenvalue weighted by atomic mass is 10.0. The van der Waals surface area contributed by atoms with Gasteiger partial charge in [0.15, 0.2) is 5.82 Å². The van der Waals surface area contributed by atoms with E-state index in [4.69, 9.17) is 0 Å². The van der Waals surface area contributed by atoms with Gasteiger partial charge in [0.05, 0.1) is 5.69 Å². The van der Waals surface area contributed by atoms with Crippen LogP contribution in [0.4, 0.5) is 11.5 Å². The third-order valence-electron chi connectivity index (χ3n) is 4.41. The molecule has 0 saturated carbocycles. The lowest BCUT2D eigenvalue weighted by Crippen LogP contribution is -2.43. The number of aromatic nitrogens is 2. The van der Waals surface area contributed by atoms with Crippen LogP contribution in [0.25, 0.3) is 0 Å². The van der Waals surface area contributed by atoms with Gasteiger partial charge >= 0.3 is 0 Å². The molecule has 1 aromatic carbocycles. The van der Waals surface area contributed by atoms with Crippen LogP contribution >= 0.6 is 0 Å². The van der Waals surface area contributed by atoms with Gasteiger partial charge in [-0.3, -0.25) is 0 Å². The second kappa shape index (κ2) is 6.66. The second-order valence-electron chi connectivity index (χ2n) is 6.02. The zero-order chi connectivity index (χ0) is 16.2. The van der Waals surface area contributed by atoms with Crippen LogP contribution in [0.1, 0.15) is 29.7 Å². The van der Waals surface area contributed by atoms with Crippen molar-refractivity contribution in [1.82, 2.24) is 10.2 Å². The Morgan fingerprint density at radius 2 is 2.00 bits per heavy atom. The molecule has 0 bridgehead atoms. The molecule has 2 aromatic rings. The van der Waals surface area contributed by atoms with E-state index < -0.39 is 0 Å². The average molecular weight is 307 g/mol. The first-order valence-electron chi connectivity index (χ1n) is 7.99. The molecule has 1 saturated heterocycles. The van der Waals surface area contributed by atoms with Gasteiger partial charge in [0.25, 0.3) is 0 Å². The number of anilines is 2. The van der Waals surface area contributed by atoms with Crippen molar-refractivity contribution in [3.8, 4) is 6.07 Å². The van der Waals surface area contributed by atoms with E-state index in [-0.39, 0.29) is 0 Å². The predicted octanol–water partition coefficient (Wildman–Crippen LogP) is 3.05. The molecule has 1 unspecified atom stereocenters. The van der Waals surface area contributed by atoms with Gasteiger partial charge in [-0.15, -0.1) is 5.10 Å². The molecule has 1 aliphatic heterocycles. The highest BCUT2D eigenvalue weighted by Crippen LogP contribution is 2.25. The topological polar surface area (TPSA) is 64.8 Å². The van der Waals surface area contributed by atoms with Crippen molar-refractivity contribution < 1.29 is 0 Å². The van der Waals surface area contributed by atoms with E-state index in [0.29, 0.717) is 11.6 Å². The molecule has 1 N–H and O–H groups in total. The zero-order valence-corrected chi connectivity index (χ0v) is 13.6. The van der Waals surface area contributed by atoms with Crippen molar-refractivity contribution >= 4 is 11.5 Å². The summed E-state index contributed by atoms with van der Waals surface area (Å²) in [7, 11) is 0. The summed E-state index contributed by atoms with van der Waals surface area (Å²) < 4.78 is 0. The molecule has 0 spiro atoms. The molecule has 1 fully saturated rings. The summed E-state index contributed by atoms with van der Waals surface area (Å²) in [6.07, 6.45) is 2.19. The number of aryl methyl sites for hydroxylation is 1. The summed E-state index contributed by atoms with van der Waals surface area (Å²) in [4.78, 5) is 2.18. The van der Waals surface area contributed by atoms with Gasteiger partial charge in [0.2, 0.25) is 0 Å². The fourth-order valence-corrected chi connectivity index (χ4v) is 3.01. The van der Waals surface area contributed by atoms with Gasteiger partial charge in [0, 0.05) is 24.8 Å². The smallest absolute Gasteiger partial charge is 0.169 e. The predicted molar refractivity (Wildman–Crippen MR) is 91.5 cm³/mol. The van der Waals surface area contributed by atoms with Crippen molar-refractivity contribution in [1.29, 1.82) is 5.26 Å². The lowest BCUT2D eigenvalue weighted by molar-refractivity contribution is 0.524. The molecule has 0 aliphatic carbocycles. The van der Waals surface area contributed by atoms with E-state index in [2.05, 4.69) is 38.6 Å². The Kier molecular flexibility index (Phi) is 4.42. The zero-order valence-electron chi connectivity index (χ0n) is 13.6. The summed E-state index contributed by atoms with van der Waals surface area (Å²) in [6, 6.07) is 12.9. The summed E-state index contributed by atoms with van der Waals surface area (Å²) >= 11 is 0. The van der Waals surface area contributed by atoms with E-state index >= 15 is 0 Å². The molecule has 1 aromatic heterocycles. The Morgan fingerprint density at radius 3 is 2.74 bits per heavy atom. The molecule has 1 atom stereocenters. The lowest BCUT2D eigenvalue weighted by Gasteiger charge is -2.34. The molecule has 5 nitrogen and oxygen atoms in total. The molecule has 3 rings (SSSR count). The Labute approximate surface area is 137 Å². The van der Waals surface area contributed by atoms with Crippen LogP contribution < -0.4 is 10.2 Å². The van der Waals surface area contributed by atoms with Crippen LogP contribution in [0.15, 0.2) is 30.3 Å². The molecule has 0 amide bonds. The van der Waals surface area contributed by atoms with Gasteiger partial charge in [-0.2, -0.15) is 10.4 Å². The third-order valence-corrected chi connectivity index (χ3v) is 4.41. The first-order chi connectivity index (χ1) is 11.2. The molecular formula is C18H21N5. The molecule has 118 valence electrons. The number of hydrogen-bond acceptors (Lipinski definition) is 5. The quantitative estimate of drug-likeness (QED) is 0.944. The van der Waals surface area contributed by atoms with Gasteiger partial charge < -0.3 is 10.2 Å². The van der Waals surface area contributed by atoms with E-state index in [1.165, 1.54) is 0 Å². The number of hydrogen-bond donors (Lipinski definition) is 1. The number of rotatable bonds is 3. The number of nitrogens with one attached hydrogen (secondary N) is 1. The third kappa shape index (κ3) is 3.26. The minimum absolute atomic E-state index is 0.348. The minimum atomic E-state index is 0.348. The van der Waals surface area contributed by atoms with E-state index in [0.717, 1.165) is 48.7 Å². The number of para-hydroxylation sites is 1. The van der Waals surface area contributed by atoms with E-state index in [1.807, 2.05) is 32.0 Å². The maximum atomic E-state index is 9.50. The normalized spacial score (nSPS) is 17.6. The highest BCUT2D eigenvalue weighted by molar-refractivity contribution is 5.58. The van der Waals surface area contributed by atoms with Crippen molar-refractivity contribution in [2.45, 2.75) is 32.7 Å². The SMILES string of the molecule is Cc1nnc(N2CCCC(Nc3ccccc3)C2)c(C#N)c1C. The molecule has 2 heterocycles. The first kappa shape index (κ1) is 15.3. The molecule has 1 aliphatic rings. The van der Waals surface area contributed by atoms with Crippen LogP contribution in [0.5, 0.6) is 0 Å². The first-order valence-corrected chi connectivity index (χ1v) is 7.99. The summed E-state index contributed by atoms with van der Waals surface area (Å²) in [5, 5.41) is 21.6. The van der Waals surface area contributed by atoms with Gasteiger partial charge in [-0.1, -0.05) is 18.2 Å². The minimum Gasteiger partial charge on any atom is -0.381 e. The number of piperidine rings is 1. The largest absolute Gasteiger partial charge is 0.381 e. The average Bonchev–Trinajstić information content (AvgIpc) is 2.58. The highest BCUT2D eigenvalue weighted by Gasteiger charge is 2.24. The second-order valence-corrected chi connectivity index (χ2v) is 6.02. The standard InChI is InChI=1S/C18H21N5/c1-13-14(2)21-22-18(17(13)11-19)23-10-6-9-16(12-23)20-15-7-4-3-5-8-15/h3-5,7-8,16,20H,6,9-10,12H2,1-2H3. The van der Waals surface area contributed by atoms with Crippen molar-refractivity contribution in [2.75, 3.05) is 23.3 Å². The van der Waals surface area contributed by atoms with E-state index in [1.54, 1.807) is 0 Å². The Balaban J connectivity index is 1.79. The molecule has 5 heteroatoms. The number of benzene rings is 1. The Bertz CT molecular complexity index is 720. The molecule has 23 heavy (non-hydrogen) atoms. The molecular weight excluding hydrogens is 286 g/mol. The highest BCUT2D eigenvalue weighted by atomic mass is 15.3. The van der Waals surface area contributed by atoms with Gasteiger partial charge in [0.1, 0.15) is 11.6 Å². The van der Waals surface area contributed by atoms with Crippen LogP contribution in [0.3, 0.4) is 0 Å². The fraction of sp³-hybridized carbons (Fsp3) is 0.389. The van der Waals surface area contributed by atoms with Crippen molar-refractivity contribution in [2.24, 2.45) is 0 Å². The van der Waals surface area contributed by atoms with Crippen LogP contribution in [0.2, 0.25) is 0 Å². The van der Waals surface area contributed by atoms with Crippen LogP contribution in [-0.2, 0) is 0 Å². The van der Waals surface area contributed by atoms with Gasteiger partial charge in [-0.05, 0) is 44.4 Å². The monoisotopic (exact) mass is 307 g/mol. The summed E-state index contributed by atoms with van der Waals surface area (Å²) in [5.74, 6) is 0.718. The number of nitriles is 1. The number of nitrogens with zero attached hydrogens (tertiary/aromatic N) is 4. The Morgan fingerprint density at radius 1 is 1.22 bits per heavy atom. The maximum absolute atomic E-state index is 9.50. The van der Waals surface area contributed by atoms with Crippen LogP contribution in [-0.4, -0.2) is 29.3 Å². The van der Waals surface area contributed by atoms with Crippen LogP contribution in [0, 0.1) is 25.2 Å².